The first kappa shape index (κ1) is 9.68. The number of rotatable bonds is 2. The van der Waals surface area contributed by atoms with Crippen LogP contribution in [0.2, 0.25) is 0 Å². The van der Waals surface area contributed by atoms with Crippen LogP contribution in [0, 0.1) is 6.92 Å². The van der Waals surface area contributed by atoms with Gasteiger partial charge in [-0.1, -0.05) is 6.92 Å². The van der Waals surface area contributed by atoms with Crippen LogP contribution in [0.4, 0.5) is 0 Å². The maximum atomic E-state index is 5.84. The van der Waals surface area contributed by atoms with E-state index in [9.17, 15) is 0 Å². The first-order chi connectivity index (χ1) is 5.65. The van der Waals surface area contributed by atoms with Crippen molar-refractivity contribution in [3.63, 3.8) is 0 Å². The first-order valence-electron chi connectivity index (χ1n) is 4.02. The van der Waals surface area contributed by atoms with Crippen LogP contribution in [-0.4, -0.2) is 4.98 Å². The van der Waals surface area contributed by atoms with E-state index in [2.05, 4.69) is 27.8 Å². The molecule has 66 valence electrons. The van der Waals surface area contributed by atoms with Crippen molar-refractivity contribution in [1.82, 2.24) is 4.98 Å². The van der Waals surface area contributed by atoms with Gasteiger partial charge in [0, 0.05) is 16.7 Å². The first-order valence-corrected chi connectivity index (χ1v) is 4.82. The molecule has 1 aromatic heterocycles. The maximum absolute atomic E-state index is 5.84. The minimum atomic E-state index is 0.0665. The summed E-state index contributed by atoms with van der Waals surface area (Å²) in [6, 6.07) is 2.09. The fraction of sp³-hybridized carbons (Fsp3) is 0.444. The number of hydrogen-bond donors (Lipinski definition) is 1. The maximum Gasteiger partial charge on any atom is 0.0574 e. The van der Waals surface area contributed by atoms with E-state index < -0.39 is 0 Å². The quantitative estimate of drug-likeness (QED) is 0.846. The van der Waals surface area contributed by atoms with Gasteiger partial charge in [0.1, 0.15) is 0 Å². The van der Waals surface area contributed by atoms with Crippen LogP contribution in [-0.2, 0) is 0 Å². The third-order valence-electron chi connectivity index (χ3n) is 1.89. The van der Waals surface area contributed by atoms with E-state index in [0.29, 0.717) is 0 Å². The van der Waals surface area contributed by atoms with Crippen LogP contribution in [0.3, 0.4) is 0 Å². The van der Waals surface area contributed by atoms with Gasteiger partial charge in [0.2, 0.25) is 0 Å². The predicted molar refractivity (Wildman–Crippen MR) is 53.9 cm³/mol. The molecule has 0 saturated carbocycles. The molecule has 12 heavy (non-hydrogen) atoms. The molecule has 1 aromatic rings. The van der Waals surface area contributed by atoms with Crippen LogP contribution in [0.5, 0.6) is 0 Å². The number of hydrogen-bond acceptors (Lipinski definition) is 2. The van der Waals surface area contributed by atoms with E-state index in [1.54, 1.807) is 6.20 Å². The van der Waals surface area contributed by atoms with E-state index in [1.807, 2.05) is 13.0 Å². The molecule has 0 aliphatic rings. The normalized spacial score (nSPS) is 13.0. The van der Waals surface area contributed by atoms with Crippen LogP contribution >= 0.6 is 15.9 Å². The van der Waals surface area contributed by atoms with Gasteiger partial charge in [-0.15, -0.1) is 0 Å². The number of aryl methyl sites for hydroxylation is 1. The summed E-state index contributed by atoms with van der Waals surface area (Å²) in [4.78, 5) is 4.24. The summed E-state index contributed by atoms with van der Waals surface area (Å²) in [5.74, 6) is 0. The third kappa shape index (κ3) is 2.05. The zero-order chi connectivity index (χ0) is 9.14. The van der Waals surface area contributed by atoms with E-state index >= 15 is 0 Å². The Morgan fingerprint density at radius 3 is 2.83 bits per heavy atom. The lowest BCUT2D eigenvalue weighted by Crippen LogP contribution is -2.10. The fourth-order valence-corrected chi connectivity index (χ4v) is 1.19. The average Bonchev–Trinajstić information content (AvgIpc) is 2.08. The molecule has 0 saturated heterocycles. The molecule has 2 N–H and O–H groups in total. The SMILES string of the molecule is CCC(N)c1cc(C)c(Br)cn1. The van der Waals surface area contributed by atoms with Crippen molar-refractivity contribution >= 4 is 15.9 Å². The molecule has 0 fully saturated rings. The Bertz CT molecular complexity index is 273. The predicted octanol–water partition coefficient (Wildman–Crippen LogP) is 2.56. The highest BCUT2D eigenvalue weighted by Crippen LogP contribution is 2.18. The van der Waals surface area contributed by atoms with Crippen molar-refractivity contribution in [2.24, 2.45) is 5.73 Å². The Morgan fingerprint density at radius 2 is 2.33 bits per heavy atom. The van der Waals surface area contributed by atoms with Crippen molar-refractivity contribution in [2.45, 2.75) is 26.3 Å². The van der Waals surface area contributed by atoms with Crippen molar-refractivity contribution in [1.29, 1.82) is 0 Å². The van der Waals surface area contributed by atoms with Gasteiger partial charge < -0.3 is 5.73 Å². The zero-order valence-corrected chi connectivity index (χ0v) is 8.93. The lowest BCUT2D eigenvalue weighted by molar-refractivity contribution is 0.674. The van der Waals surface area contributed by atoms with E-state index in [0.717, 1.165) is 16.6 Å². The van der Waals surface area contributed by atoms with Gasteiger partial charge in [0.05, 0.1) is 5.69 Å². The summed E-state index contributed by atoms with van der Waals surface area (Å²) >= 11 is 3.40. The van der Waals surface area contributed by atoms with Crippen LogP contribution in [0.1, 0.15) is 30.6 Å². The van der Waals surface area contributed by atoms with E-state index in [1.165, 1.54) is 5.56 Å². The second-order valence-corrected chi connectivity index (χ2v) is 3.73. The summed E-state index contributed by atoms with van der Waals surface area (Å²) in [6.07, 6.45) is 2.73. The average molecular weight is 229 g/mol. The fourth-order valence-electron chi connectivity index (χ4n) is 0.973. The molecule has 0 radical (unpaired) electrons. The molecule has 0 amide bonds. The van der Waals surface area contributed by atoms with Gasteiger partial charge in [-0.25, -0.2) is 0 Å². The number of aromatic nitrogens is 1. The topological polar surface area (TPSA) is 38.9 Å². The number of halogens is 1. The molecule has 1 unspecified atom stereocenters. The molecule has 3 heteroatoms. The largest absolute Gasteiger partial charge is 0.323 e. The van der Waals surface area contributed by atoms with Crippen molar-refractivity contribution < 1.29 is 0 Å². The van der Waals surface area contributed by atoms with E-state index in [-0.39, 0.29) is 6.04 Å². The highest BCUT2D eigenvalue weighted by molar-refractivity contribution is 9.10. The van der Waals surface area contributed by atoms with Gasteiger partial charge in [0.25, 0.3) is 0 Å². The summed E-state index contributed by atoms with van der Waals surface area (Å²) < 4.78 is 1.04. The molecular formula is C9H13BrN2. The Labute approximate surface area is 81.3 Å². The lowest BCUT2D eigenvalue weighted by atomic mass is 10.1. The molecule has 1 atom stereocenters. The minimum Gasteiger partial charge on any atom is -0.323 e. The number of nitrogens with two attached hydrogens (primary N) is 1. The van der Waals surface area contributed by atoms with Crippen molar-refractivity contribution in [2.75, 3.05) is 0 Å². The zero-order valence-electron chi connectivity index (χ0n) is 7.34. The molecule has 1 heterocycles. The van der Waals surface area contributed by atoms with Crippen molar-refractivity contribution in [3.05, 3.63) is 28.0 Å². The molecular weight excluding hydrogens is 216 g/mol. The minimum absolute atomic E-state index is 0.0665. The Balaban J connectivity index is 2.96. The van der Waals surface area contributed by atoms with E-state index in [4.69, 9.17) is 5.73 Å². The second kappa shape index (κ2) is 4.01. The second-order valence-electron chi connectivity index (χ2n) is 2.87. The summed E-state index contributed by atoms with van der Waals surface area (Å²) in [6.45, 7) is 4.10. The number of pyridine rings is 1. The van der Waals surface area contributed by atoms with Crippen LogP contribution in [0.15, 0.2) is 16.7 Å². The summed E-state index contributed by atoms with van der Waals surface area (Å²) in [7, 11) is 0. The van der Waals surface area contributed by atoms with Crippen LogP contribution < -0.4 is 5.73 Å². The van der Waals surface area contributed by atoms with Crippen LogP contribution in [0.25, 0.3) is 0 Å². The molecule has 0 bridgehead atoms. The molecule has 0 aliphatic heterocycles. The van der Waals surface area contributed by atoms with Gasteiger partial charge in [-0.05, 0) is 40.9 Å². The summed E-state index contributed by atoms with van der Waals surface area (Å²) in [5, 5.41) is 0. The Hall–Kier alpha value is -0.410. The smallest absolute Gasteiger partial charge is 0.0574 e. The molecule has 1 rings (SSSR count). The Kier molecular flexibility index (Phi) is 3.23. The lowest BCUT2D eigenvalue weighted by Gasteiger charge is -2.08. The molecule has 0 spiro atoms. The molecule has 2 nitrogen and oxygen atoms in total. The van der Waals surface area contributed by atoms with Gasteiger partial charge in [0.15, 0.2) is 0 Å². The monoisotopic (exact) mass is 228 g/mol. The van der Waals surface area contributed by atoms with Gasteiger partial charge >= 0.3 is 0 Å². The highest BCUT2D eigenvalue weighted by atomic mass is 79.9. The van der Waals surface area contributed by atoms with Crippen molar-refractivity contribution in [3.8, 4) is 0 Å². The molecule has 0 aliphatic carbocycles. The number of nitrogens with zero attached hydrogens (tertiary/aromatic N) is 1. The standard InChI is InChI=1S/C9H13BrN2/c1-3-8(11)9-4-6(2)7(10)5-12-9/h4-5,8H,3,11H2,1-2H3. The third-order valence-corrected chi connectivity index (χ3v) is 2.72. The Morgan fingerprint density at radius 1 is 1.67 bits per heavy atom. The molecule has 0 aromatic carbocycles. The van der Waals surface area contributed by atoms with Gasteiger partial charge in [-0.3, -0.25) is 4.98 Å². The van der Waals surface area contributed by atoms with Gasteiger partial charge in [-0.2, -0.15) is 0 Å². The summed E-state index contributed by atoms with van der Waals surface area (Å²) in [5.41, 5.74) is 7.99. The highest BCUT2D eigenvalue weighted by Gasteiger charge is 2.05.